The second kappa shape index (κ2) is 9.20. The van der Waals surface area contributed by atoms with Gasteiger partial charge in [0.05, 0.1) is 4.90 Å². The second-order valence-corrected chi connectivity index (χ2v) is 9.94. The standard InChI is InChI=1S/C23H27N3O4S/c27-22-12-7-15-26(22)20-10-5-8-18(16-20)23(28)24-19-9-6-11-21(17-19)31(29,30)25-13-3-1-2-4-14-25/h5-6,8-11,16-17H,1-4,7,12-15H2,(H,24,28). The number of nitrogens with zero attached hydrogens (tertiary/aromatic N) is 2. The summed E-state index contributed by atoms with van der Waals surface area (Å²) in [5, 5.41) is 2.79. The number of hydrogen-bond acceptors (Lipinski definition) is 4. The van der Waals surface area contributed by atoms with Gasteiger partial charge in [-0.05, 0) is 55.7 Å². The van der Waals surface area contributed by atoms with Gasteiger partial charge in [0.25, 0.3) is 5.91 Å². The van der Waals surface area contributed by atoms with Gasteiger partial charge in [-0.25, -0.2) is 8.42 Å². The average molecular weight is 442 g/mol. The van der Waals surface area contributed by atoms with Crippen molar-refractivity contribution in [2.45, 2.75) is 43.4 Å². The van der Waals surface area contributed by atoms with Crippen LogP contribution in [0.1, 0.15) is 48.9 Å². The Balaban J connectivity index is 1.51. The highest BCUT2D eigenvalue weighted by Crippen LogP contribution is 2.25. The number of sulfonamides is 1. The Bertz CT molecular complexity index is 1080. The number of amides is 2. The van der Waals surface area contributed by atoms with E-state index in [9.17, 15) is 18.0 Å². The Kier molecular flexibility index (Phi) is 6.38. The monoisotopic (exact) mass is 441 g/mol. The van der Waals surface area contributed by atoms with Gasteiger partial charge in [0, 0.05) is 43.0 Å². The molecule has 0 radical (unpaired) electrons. The SMILES string of the molecule is O=C(Nc1cccc(S(=O)(=O)N2CCCCCC2)c1)c1cccc(N2CCCC2=O)c1. The van der Waals surface area contributed by atoms with E-state index < -0.39 is 10.0 Å². The van der Waals surface area contributed by atoms with Crippen LogP contribution in [0.2, 0.25) is 0 Å². The van der Waals surface area contributed by atoms with Crippen molar-refractivity contribution in [2.75, 3.05) is 29.9 Å². The lowest BCUT2D eigenvalue weighted by Crippen LogP contribution is -2.32. The summed E-state index contributed by atoms with van der Waals surface area (Å²) in [5.41, 5.74) is 1.54. The fourth-order valence-electron chi connectivity index (χ4n) is 4.10. The Labute approximate surface area is 183 Å². The van der Waals surface area contributed by atoms with Gasteiger partial charge in [0.1, 0.15) is 0 Å². The highest BCUT2D eigenvalue weighted by molar-refractivity contribution is 7.89. The van der Waals surface area contributed by atoms with Gasteiger partial charge in [0.2, 0.25) is 15.9 Å². The van der Waals surface area contributed by atoms with Crippen LogP contribution in [-0.4, -0.2) is 44.2 Å². The number of benzene rings is 2. The van der Waals surface area contributed by atoms with Gasteiger partial charge in [-0.1, -0.05) is 25.0 Å². The summed E-state index contributed by atoms with van der Waals surface area (Å²) in [6.45, 7) is 1.71. The molecule has 2 saturated heterocycles. The zero-order valence-electron chi connectivity index (χ0n) is 17.4. The molecule has 2 aromatic carbocycles. The third-order valence-electron chi connectivity index (χ3n) is 5.79. The molecule has 0 spiro atoms. The maximum absolute atomic E-state index is 13.0. The van der Waals surface area contributed by atoms with E-state index in [1.54, 1.807) is 41.3 Å². The molecule has 7 nitrogen and oxygen atoms in total. The van der Waals surface area contributed by atoms with Crippen LogP contribution in [-0.2, 0) is 14.8 Å². The first-order valence-electron chi connectivity index (χ1n) is 10.8. The van der Waals surface area contributed by atoms with E-state index in [0.29, 0.717) is 43.0 Å². The summed E-state index contributed by atoms with van der Waals surface area (Å²) in [6.07, 6.45) is 5.16. The lowest BCUT2D eigenvalue weighted by molar-refractivity contribution is -0.117. The highest BCUT2D eigenvalue weighted by atomic mass is 32.2. The van der Waals surface area contributed by atoms with E-state index >= 15 is 0 Å². The number of hydrogen-bond donors (Lipinski definition) is 1. The molecule has 2 aliphatic heterocycles. The van der Waals surface area contributed by atoms with Crippen molar-refractivity contribution < 1.29 is 18.0 Å². The maximum Gasteiger partial charge on any atom is 0.255 e. The number of nitrogens with one attached hydrogen (secondary N) is 1. The van der Waals surface area contributed by atoms with Crippen molar-refractivity contribution in [2.24, 2.45) is 0 Å². The molecule has 0 saturated carbocycles. The summed E-state index contributed by atoms with van der Waals surface area (Å²) < 4.78 is 27.6. The largest absolute Gasteiger partial charge is 0.322 e. The molecule has 2 aliphatic rings. The third kappa shape index (κ3) is 4.80. The molecule has 0 aliphatic carbocycles. The normalized spacial score (nSPS) is 18.1. The van der Waals surface area contributed by atoms with Crippen LogP contribution in [0, 0.1) is 0 Å². The molecule has 2 amide bonds. The topological polar surface area (TPSA) is 86.8 Å². The van der Waals surface area contributed by atoms with Crippen molar-refractivity contribution in [3.05, 3.63) is 54.1 Å². The Morgan fingerprint density at radius 3 is 2.32 bits per heavy atom. The van der Waals surface area contributed by atoms with Gasteiger partial charge in [-0.3, -0.25) is 9.59 Å². The summed E-state index contributed by atoms with van der Waals surface area (Å²) in [6, 6.07) is 13.3. The van der Waals surface area contributed by atoms with Crippen LogP contribution in [0.4, 0.5) is 11.4 Å². The molecule has 1 N–H and O–H groups in total. The predicted molar refractivity (Wildman–Crippen MR) is 120 cm³/mol. The molecule has 0 bridgehead atoms. The second-order valence-electron chi connectivity index (χ2n) is 8.00. The molecular weight excluding hydrogens is 414 g/mol. The summed E-state index contributed by atoms with van der Waals surface area (Å²) in [7, 11) is -3.59. The summed E-state index contributed by atoms with van der Waals surface area (Å²) >= 11 is 0. The average Bonchev–Trinajstić information content (AvgIpc) is 3.01. The van der Waals surface area contributed by atoms with Crippen molar-refractivity contribution in [1.82, 2.24) is 4.31 Å². The Morgan fingerprint density at radius 1 is 0.871 bits per heavy atom. The minimum absolute atomic E-state index is 0.0592. The zero-order chi connectivity index (χ0) is 21.8. The van der Waals surface area contributed by atoms with Crippen LogP contribution in [0.25, 0.3) is 0 Å². The van der Waals surface area contributed by atoms with Crippen molar-refractivity contribution >= 4 is 33.2 Å². The minimum Gasteiger partial charge on any atom is -0.322 e. The molecule has 2 aromatic rings. The van der Waals surface area contributed by atoms with Crippen molar-refractivity contribution in [1.29, 1.82) is 0 Å². The molecule has 164 valence electrons. The number of anilines is 2. The van der Waals surface area contributed by atoms with Crippen molar-refractivity contribution in [3.63, 3.8) is 0 Å². The van der Waals surface area contributed by atoms with Gasteiger partial charge in [-0.2, -0.15) is 4.31 Å². The van der Waals surface area contributed by atoms with E-state index in [2.05, 4.69) is 5.32 Å². The van der Waals surface area contributed by atoms with Crippen LogP contribution < -0.4 is 10.2 Å². The Hall–Kier alpha value is -2.71. The first kappa shape index (κ1) is 21.5. The van der Waals surface area contributed by atoms with Gasteiger partial charge >= 0.3 is 0 Å². The lowest BCUT2D eigenvalue weighted by atomic mass is 10.1. The quantitative estimate of drug-likeness (QED) is 0.768. The predicted octanol–water partition coefficient (Wildman–Crippen LogP) is 3.63. The van der Waals surface area contributed by atoms with E-state index in [-0.39, 0.29) is 16.7 Å². The van der Waals surface area contributed by atoms with Crippen molar-refractivity contribution in [3.8, 4) is 0 Å². The van der Waals surface area contributed by atoms with Crippen LogP contribution in [0.5, 0.6) is 0 Å². The summed E-state index contributed by atoms with van der Waals surface area (Å²) in [4.78, 5) is 26.7. The molecule has 4 rings (SSSR count). The molecular formula is C23H27N3O4S. The van der Waals surface area contributed by atoms with Gasteiger partial charge < -0.3 is 10.2 Å². The number of carbonyl (C=O) groups excluding carboxylic acids is 2. The molecule has 0 aromatic heterocycles. The highest BCUT2D eigenvalue weighted by Gasteiger charge is 2.26. The van der Waals surface area contributed by atoms with Crippen LogP contribution in [0.3, 0.4) is 0 Å². The van der Waals surface area contributed by atoms with Crippen LogP contribution >= 0.6 is 0 Å². The van der Waals surface area contributed by atoms with Gasteiger partial charge in [0.15, 0.2) is 0 Å². The zero-order valence-corrected chi connectivity index (χ0v) is 18.2. The van der Waals surface area contributed by atoms with E-state index in [4.69, 9.17) is 0 Å². The Morgan fingerprint density at radius 2 is 1.61 bits per heavy atom. The number of carbonyl (C=O) groups is 2. The third-order valence-corrected chi connectivity index (χ3v) is 7.68. The summed E-state index contributed by atoms with van der Waals surface area (Å²) in [5.74, 6) is -0.290. The lowest BCUT2D eigenvalue weighted by Gasteiger charge is -2.20. The molecule has 31 heavy (non-hydrogen) atoms. The molecule has 0 unspecified atom stereocenters. The minimum atomic E-state index is -3.59. The fourth-order valence-corrected chi connectivity index (χ4v) is 5.67. The first-order valence-corrected chi connectivity index (χ1v) is 12.2. The van der Waals surface area contributed by atoms with Crippen LogP contribution in [0.15, 0.2) is 53.4 Å². The first-order chi connectivity index (χ1) is 14.9. The molecule has 8 heteroatoms. The molecule has 0 atom stereocenters. The fraction of sp³-hybridized carbons (Fsp3) is 0.391. The maximum atomic E-state index is 13.0. The number of rotatable bonds is 5. The molecule has 2 fully saturated rings. The van der Waals surface area contributed by atoms with Gasteiger partial charge in [-0.15, -0.1) is 0 Å². The van der Waals surface area contributed by atoms with E-state index in [1.165, 1.54) is 10.4 Å². The van der Waals surface area contributed by atoms with E-state index in [0.717, 1.165) is 32.1 Å². The smallest absolute Gasteiger partial charge is 0.255 e. The molecule has 2 heterocycles. The van der Waals surface area contributed by atoms with E-state index in [1.807, 2.05) is 6.07 Å².